The Morgan fingerprint density at radius 2 is 1.73 bits per heavy atom. The number of carbonyl (C=O) groups is 3. The van der Waals surface area contributed by atoms with Gasteiger partial charge in [-0.1, -0.05) is 56.0 Å². The summed E-state index contributed by atoms with van der Waals surface area (Å²) < 4.78 is 12.4. The van der Waals surface area contributed by atoms with Crippen LogP contribution in [0.15, 0.2) is 79.9 Å². The summed E-state index contributed by atoms with van der Waals surface area (Å²) in [5.41, 5.74) is 0.0522. The zero-order valence-electron chi connectivity index (χ0n) is 26.7. The molecule has 3 aliphatic rings. The van der Waals surface area contributed by atoms with Crippen LogP contribution in [0.4, 0.5) is 11.4 Å². The number of benzene rings is 2. The predicted molar refractivity (Wildman–Crippen MR) is 174 cm³/mol. The Bertz CT molecular complexity index is 1430. The number of hydrogen-bond donors (Lipinski definition) is 1. The van der Waals surface area contributed by atoms with Crippen molar-refractivity contribution >= 4 is 29.2 Å². The van der Waals surface area contributed by atoms with Crippen LogP contribution in [0.5, 0.6) is 0 Å². The normalized spacial score (nSPS) is 28.8. The second-order valence-corrected chi connectivity index (χ2v) is 12.4. The molecule has 2 aromatic rings. The minimum absolute atomic E-state index is 0.000340. The number of anilines is 2. The second kappa shape index (κ2) is 12.8. The zero-order chi connectivity index (χ0) is 32.5. The van der Waals surface area contributed by atoms with E-state index >= 15 is 4.79 Å². The molecule has 3 saturated heterocycles. The Labute approximate surface area is 266 Å². The van der Waals surface area contributed by atoms with Crippen LogP contribution < -0.4 is 9.80 Å². The Balaban J connectivity index is 1.65. The van der Waals surface area contributed by atoms with Crippen molar-refractivity contribution in [2.75, 3.05) is 42.6 Å². The summed E-state index contributed by atoms with van der Waals surface area (Å²) in [6.45, 7) is 17.1. The number of rotatable bonds is 13. The fourth-order valence-electron chi connectivity index (χ4n) is 7.94. The van der Waals surface area contributed by atoms with Gasteiger partial charge in [-0.15, -0.1) is 6.58 Å². The topological polar surface area (TPSA) is 99.6 Å². The van der Waals surface area contributed by atoms with Gasteiger partial charge in [-0.05, 0) is 62.9 Å². The van der Waals surface area contributed by atoms with Gasteiger partial charge in [-0.25, -0.2) is 0 Å². The minimum Gasteiger partial charge on any atom is -0.461 e. The fraction of sp³-hybridized carbons (Fsp3) is 0.472. The molecule has 1 N–H and O–H groups in total. The summed E-state index contributed by atoms with van der Waals surface area (Å²) in [5.74, 6) is -3.34. The minimum atomic E-state index is -1.30. The van der Waals surface area contributed by atoms with Gasteiger partial charge in [0.05, 0.1) is 24.2 Å². The van der Waals surface area contributed by atoms with Gasteiger partial charge >= 0.3 is 5.97 Å². The maximum atomic E-state index is 15.0. The maximum Gasteiger partial charge on any atom is 0.313 e. The molecule has 2 aromatic carbocycles. The highest BCUT2D eigenvalue weighted by molar-refractivity contribution is 6.05. The van der Waals surface area contributed by atoms with Crippen molar-refractivity contribution < 1.29 is 29.0 Å². The Hall–Kier alpha value is -3.95. The third-order valence-corrected chi connectivity index (χ3v) is 10.1. The Morgan fingerprint density at radius 3 is 2.31 bits per heavy atom. The highest BCUT2D eigenvalue weighted by Crippen LogP contribution is 2.66. The van der Waals surface area contributed by atoms with E-state index in [0.29, 0.717) is 17.7 Å². The average Bonchev–Trinajstić information content (AvgIpc) is 3.57. The SMILES string of the molecule is C=CCOC(=O)[C@H]1[C@H]2C(=O)N([C@H](CO)c3ccccc3)C(C(=O)N(CC=C)c3ccc(N(CC)CC)cc3)C23CC(C)[C@]1(C)O3. The van der Waals surface area contributed by atoms with Crippen molar-refractivity contribution in [1.29, 1.82) is 0 Å². The molecule has 7 atom stereocenters. The van der Waals surface area contributed by atoms with Crippen molar-refractivity contribution in [2.45, 2.75) is 57.4 Å². The van der Waals surface area contributed by atoms with Crippen LogP contribution in [0, 0.1) is 17.8 Å². The highest BCUT2D eigenvalue weighted by Gasteiger charge is 2.81. The number of fused-ring (bicyclic) bond motifs is 1. The lowest BCUT2D eigenvalue weighted by Crippen LogP contribution is -2.57. The van der Waals surface area contributed by atoms with E-state index in [-0.39, 0.29) is 25.0 Å². The molecule has 0 aliphatic carbocycles. The number of aliphatic hydroxyl groups excluding tert-OH is 1. The van der Waals surface area contributed by atoms with Gasteiger partial charge in [-0.2, -0.15) is 0 Å². The summed E-state index contributed by atoms with van der Waals surface area (Å²) in [6.07, 6.45) is 3.53. The molecule has 0 aromatic heterocycles. The number of carbonyl (C=O) groups excluding carboxylic acids is 3. The van der Waals surface area contributed by atoms with E-state index in [4.69, 9.17) is 9.47 Å². The molecule has 3 fully saturated rings. The van der Waals surface area contributed by atoms with Crippen molar-refractivity contribution in [3.05, 3.63) is 85.5 Å². The first kappa shape index (κ1) is 32.4. The summed E-state index contributed by atoms with van der Waals surface area (Å²) >= 11 is 0. The van der Waals surface area contributed by atoms with Gasteiger partial charge in [0.25, 0.3) is 5.91 Å². The molecule has 1 spiro atoms. The monoisotopic (exact) mass is 615 g/mol. The lowest BCUT2D eigenvalue weighted by atomic mass is 9.62. The van der Waals surface area contributed by atoms with Crippen molar-refractivity contribution in [3.63, 3.8) is 0 Å². The van der Waals surface area contributed by atoms with Crippen LogP contribution in [-0.2, 0) is 23.9 Å². The molecule has 240 valence electrons. The van der Waals surface area contributed by atoms with Gasteiger partial charge in [0.2, 0.25) is 5.91 Å². The van der Waals surface area contributed by atoms with E-state index in [1.54, 1.807) is 11.0 Å². The highest BCUT2D eigenvalue weighted by atomic mass is 16.6. The lowest BCUT2D eigenvalue weighted by molar-refractivity contribution is -0.161. The number of hydrogen-bond acceptors (Lipinski definition) is 7. The molecule has 9 heteroatoms. The summed E-state index contributed by atoms with van der Waals surface area (Å²) in [6, 6.07) is 15.0. The Morgan fingerprint density at radius 1 is 1.09 bits per heavy atom. The third-order valence-electron chi connectivity index (χ3n) is 10.1. The molecule has 3 unspecified atom stereocenters. The van der Waals surface area contributed by atoms with Crippen LogP contribution in [-0.4, -0.2) is 77.9 Å². The number of ether oxygens (including phenoxy) is 2. The number of esters is 1. The van der Waals surface area contributed by atoms with Crippen LogP contribution in [0.2, 0.25) is 0 Å². The van der Waals surface area contributed by atoms with Crippen molar-refractivity contribution in [1.82, 2.24) is 4.90 Å². The molecule has 5 rings (SSSR count). The number of nitrogens with zero attached hydrogens (tertiary/aromatic N) is 3. The first-order chi connectivity index (χ1) is 21.6. The number of aliphatic hydroxyl groups is 1. The van der Waals surface area contributed by atoms with Crippen LogP contribution >= 0.6 is 0 Å². The van der Waals surface area contributed by atoms with Gasteiger partial charge in [-0.3, -0.25) is 14.4 Å². The standard InChI is InChI=1S/C36H45N3O6/c1-7-20-38(27-18-16-26(17-19-27)37(9-3)10-4)33(42)31-36-22-24(5)35(6,45-36)30(34(43)44-21-8-2)29(36)32(41)39(31)28(23-40)25-14-12-11-13-15-25/h7-8,11-19,24,28-31,40H,1-2,9-10,20-23H2,3-6H3/t24?,28-,29+,30-,31?,35+,36?/m1/s1. The largest absolute Gasteiger partial charge is 0.461 e. The van der Waals surface area contributed by atoms with E-state index in [9.17, 15) is 14.7 Å². The summed E-state index contributed by atoms with van der Waals surface area (Å²) in [5, 5.41) is 10.8. The molecule has 9 nitrogen and oxygen atoms in total. The smallest absolute Gasteiger partial charge is 0.313 e. The molecular formula is C36H45N3O6. The van der Waals surface area contributed by atoms with E-state index in [1.165, 1.54) is 11.0 Å². The van der Waals surface area contributed by atoms with Gasteiger partial charge < -0.3 is 29.3 Å². The summed E-state index contributed by atoms with van der Waals surface area (Å²) in [7, 11) is 0. The van der Waals surface area contributed by atoms with Crippen LogP contribution in [0.3, 0.4) is 0 Å². The van der Waals surface area contributed by atoms with Crippen molar-refractivity contribution in [2.24, 2.45) is 17.8 Å². The zero-order valence-corrected chi connectivity index (χ0v) is 26.7. The van der Waals surface area contributed by atoms with E-state index in [1.807, 2.05) is 68.4 Å². The molecule has 3 aliphatic heterocycles. The van der Waals surface area contributed by atoms with E-state index < -0.39 is 53.6 Å². The Kier molecular flexibility index (Phi) is 9.23. The van der Waals surface area contributed by atoms with Crippen molar-refractivity contribution in [3.8, 4) is 0 Å². The fourth-order valence-corrected chi connectivity index (χ4v) is 7.94. The molecular weight excluding hydrogens is 570 g/mol. The van der Waals surface area contributed by atoms with Gasteiger partial charge in [0.1, 0.15) is 24.2 Å². The quantitative estimate of drug-likeness (QED) is 0.261. The second-order valence-electron chi connectivity index (χ2n) is 12.4. The van der Waals surface area contributed by atoms with Crippen LogP contribution in [0.25, 0.3) is 0 Å². The third kappa shape index (κ3) is 5.16. The summed E-state index contributed by atoms with van der Waals surface area (Å²) in [4.78, 5) is 48.7. The first-order valence-corrected chi connectivity index (χ1v) is 15.9. The average molecular weight is 616 g/mol. The molecule has 45 heavy (non-hydrogen) atoms. The number of amides is 2. The van der Waals surface area contributed by atoms with Crippen LogP contribution in [0.1, 0.15) is 45.7 Å². The first-order valence-electron chi connectivity index (χ1n) is 15.9. The van der Waals surface area contributed by atoms with Gasteiger partial charge in [0, 0.05) is 31.0 Å². The molecule has 2 amide bonds. The maximum absolute atomic E-state index is 15.0. The molecule has 0 radical (unpaired) electrons. The molecule has 0 saturated carbocycles. The lowest BCUT2D eigenvalue weighted by Gasteiger charge is -2.39. The molecule has 3 heterocycles. The van der Waals surface area contributed by atoms with E-state index in [0.717, 1.165) is 18.8 Å². The predicted octanol–water partition coefficient (Wildman–Crippen LogP) is 4.53. The number of likely N-dealkylation sites (tertiary alicyclic amines) is 1. The van der Waals surface area contributed by atoms with Gasteiger partial charge in [0.15, 0.2) is 0 Å². The van der Waals surface area contributed by atoms with E-state index in [2.05, 4.69) is 31.9 Å². The molecule has 2 bridgehead atoms.